The maximum atomic E-state index is 11.3. The number of nitrogens with two attached hydrogens (primary N) is 1. The zero-order valence-corrected chi connectivity index (χ0v) is 18.1. The molecule has 8 nitrogen and oxygen atoms in total. The minimum Gasteiger partial charge on any atom is -0.488 e. The van der Waals surface area contributed by atoms with Gasteiger partial charge in [0.05, 0.1) is 10.6 Å². The smallest absolute Gasteiger partial charge is 0.405 e. The molecule has 30 heavy (non-hydrogen) atoms. The molecule has 156 valence electrons. The van der Waals surface area contributed by atoms with E-state index in [-0.39, 0.29) is 12.5 Å². The van der Waals surface area contributed by atoms with Crippen LogP contribution in [0.5, 0.6) is 5.75 Å². The number of fused-ring (bicyclic) bond motifs is 1. The molecule has 1 atom stereocenters. The topological polar surface area (TPSA) is 124 Å². The first-order valence-corrected chi connectivity index (χ1v) is 10.3. The number of carbonyl (C=O) groups is 1. The average Bonchev–Trinajstić information content (AvgIpc) is 3.05. The lowest BCUT2D eigenvalue weighted by molar-refractivity contribution is -0.0186. The Bertz CT molecular complexity index is 1120. The van der Waals surface area contributed by atoms with Crippen molar-refractivity contribution in [3.8, 4) is 23.1 Å². The fourth-order valence-corrected chi connectivity index (χ4v) is 4.18. The highest BCUT2D eigenvalue weighted by Crippen LogP contribution is 2.32. The molecule has 0 bridgehead atoms. The van der Waals surface area contributed by atoms with E-state index in [1.807, 2.05) is 26.8 Å². The molecule has 0 radical (unpaired) electrons. The number of hydrogen-bond acceptors (Lipinski definition) is 8. The molecule has 1 amide bonds. The molecule has 1 aromatic carbocycles. The monoisotopic (exact) mass is 425 g/mol. The Balaban J connectivity index is 1.89. The van der Waals surface area contributed by atoms with Crippen molar-refractivity contribution in [2.45, 2.75) is 39.7 Å². The second kappa shape index (κ2) is 8.63. The molecule has 2 aromatic heterocycles. The maximum absolute atomic E-state index is 11.3. The molecule has 0 saturated heterocycles. The van der Waals surface area contributed by atoms with E-state index in [0.717, 1.165) is 15.4 Å². The molecular weight excluding hydrogens is 402 g/mol. The zero-order valence-electron chi connectivity index (χ0n) is 17.3. The standard InChI is InChI=1S/C21H23N5O3S/c1-12(2)8-21(4,29-20(23)27)10-28-16-6-5-14(7-15(16)9-22)17-18-19(25-11-24-17)30-13(3)26-18/h5-7,11-12H,8,10H2,1-4H3,(H2,23,27). The van der Waals surface area contributed by atoms with Gasteiger partial charge in [-0.05, 0) is 44.4 Å². The van der Waals surface area contributed by atoms with Crippen LogP contribution in [0.25, 0.3) is 21.6 Å². The normalized spacial score (nSPS) is 13.1. The molecule has 0 aliphatic rings. The second-order valence-corrected chi connectivity index (χ2v) is 8.87. The summed E-state index contributed by atoms with van der Waals surface area (Å²) in [5.41, 5.74) is 6.78. The summed E-state index contributed by atoms with van der Waals surface area (Å²) < 4.78 is 11.2. The molecule has 0 aliphatic carbocycles. The van der Waals surface area contributed by atoms with Crippen molar-refractivity contribution in [1.82, 2.24) is 15.0 Å². The number of benzene rings is 1. The predicted octanol–water partition coefficient (Wildman–Crippen LogP) is 4.21. The molecule has 9 heteroatoms. The molecule has 0 fully saturated rings. The van der Waals surface area contributed by atoms with Gasteiger partial charge in [-0.1, -0.05) is 25.2 Å². The minimum atomic E-state index is -0.900. The van der Waals surface area contributed by atoms with Gasteiger partial charge in [0.1, 0.15) is 46.4 Å². The first kappa shape index (κ1) is 21.5. The second-order valence-electron chi connectivity index (χ2n) is 7.69. The van der Waals surface area contributed by atoms with Gasteiger partial charge in [-0.25, -0.2) is 19.7 Å². The highest BCUT2D eigenvalue weighted by molar-refractivity contribution is 7.18. The number of rotatable bonds is 7. The Morgan fingerprint density at radius 2 is 2.13 bits per heavy atom. The van der Waals surface area contributed by atoms with Gasteiger partial charge in [0, 0.05) is 5.56 Å². The third-order valence-electron chi connectivity index (χ3n) is 4.40. The van der Waals surface area contributed by atoms with Crippen LogP contribution in [-0.2, 0) is 4.74 Å². The number of aromatic nitrogens is 3. The highest BCUT2D eigenvalue weighted by atomic mass is 32.1. The van der Waals surface area contributed by atoms with Crippen LogP contribution in [-0.4, -0.2) is 33.3 Å². The van der Waals surface area contributed by atoms with E-state index in [0.29, 0.717) is 28.9 Å². The van der Waals surface area contributed by atoms with Gasteiger partial charge in [0.15, 0.2) is 0 Å². The molecule has 0 aliphatic heterocycles. The lowest BCUT2D eigenvalue weighted by Gasteiger charge is -2.30. The summed E-state index contributed by atoms with van der Waals surface area (Å²) in [6.07, 6.45) is 1.20. The molecule has 0 spiro atoms. The Hall–Kier alpha value is -3.25. The van der Waals surface area contributed by atoms with Gasteiger partial charge in [-0.15, -0.1) is 0 Å². The van der Waals surface area contributed by atoms with Gasteiger partial charge < -0.3 is 15.2 Å². The Morgan fingerprint density at radius 3 is 2.80 bits per heavy atom. The van der Waals surface area contributed by atoms with Crippen molar-refractivity contribution in [2.24, 2.45) is 11.7 Å². The average molecular weight is 426 g/mol. The SMILES string of the molecule is Cc1nc2c(-c3ccc(OCC(C)(CC(C)C)OC(N)=O)c(C#N)c3)ncnc2s1. The lowest BCUT2D eigenvalue weighted by Crippen LogP contribution is -2.41. The summed E-state index contributed by atoms with van der Waals surface area (Å²) in [5.74, 6) is 0.654. The van der Waals surface area contributed by atoms with E-state index >= 15 is 0 Å². The molecule has 2 heterocycles. The van der Waals surface area contributed by atoms with Crippen LogP contribution in [0.2, 0.25) is 0 Å². The predicted molar refractivity (Wildman–Crippen MR) is 114 cm³/mol. The van der Waals surface area contributed by atoms with Crippen LogP contribution in [0.3, 0.4) is 0 Å². The number of primary amides is 1. The van der Waals surface area contributed by atoms with Crippen molar-refractivity contribution in [3.63, 3.8) is 0 Å². The first-order valence-electron chi connectivity index (χ1n) is 9.44. The van der Waals surface area contributed by atoms with Gasteiger partial charge in [0.25, 0.3) is 0 Å². The highest BCUT2D eigenvalue weighted by Gasteiger charge is 2.31. The number of carbonyl (C=O) groups excluding carboxylic acids is 1. The third kappa shape index (κ3) is 4.83. The van der Waals surface area contributed by atoms with Crippen LogP contribution in [0.4, 0.5) is 4.79 Å². The number of amides is 1. The summed E-state index contributed by atoms with van der Waals surface area (Å²) in [6, 6.07) is 7.40. The molecule has 3 aromatic rings. The van der Waals surface area contributed by atoms with E-state index in [4.69, 9.17) is 15.2 Å². The summed E-state index contributed by atoms with van der Waals surface area (Å²) in [7, 11) is 0. The van der Waals surface area contributed by atoms with Crippen molar-refractivity contribution >= 4 is 27.8 Å². The quantitative estimate of drug-likeness (QED) is 0.601. The molecular formula is C21H23N5O3S. The van der Waals surface area contributed by atoms with Gasteiger partial charge in [0.2, 0.25) is 0 Å². The summed E-state index contributed by atoms with van der Waals surface area (Å²) >= 11 is 1.49. The van der Waals surface area contributed by atoms with Crippen molar-refractivity contribution in [3.05, 3.63) is 35.1 Å². The lowest BCUT2D eigenvalue weighted by atomic mass is 9.95. The largest absolute Gasteiger partial charge is 0.488 e. The van der Waals surface area contributed by atoms with Crippen molar-refractivity contribution in [2.75, 3.05) is 6.61 Å². The summed E-state index contributed by atoms with van der Waals surface area (Å²) in [6.45, 7) is 7.78. The van der Waals surface area contributed by atoms with Crippen LogP contribution in [0.15, 0.2) is 24.5 Å². The fraction of sp³-hybridized carbons (Fsp3) is 0.381. The van der Waals surface area contributed by atoms with Gasteiger partial charge >= 0.3 is 6.09 Å². The number of hydrogen-bond donors (Lipinski definition) is 1. The van der Waals surface area contributed by atoms with Crippen molar-refractivity contribution < 1.29 is 14.3 Å². The number of nitrogens with zero attached hydrogens (tertiary/aromatic N) is 4. The number of thiazole rings is 1. The Morgan fingerprint density at radius 1 is 1.37 bits per heavy atom. The third-order valence-corrected chi connectivity index (χ3v) is 5.27. The molecule has 3 rings (SSSR count). The Kier molecular flexibility index (Phi) is 6.17. The summed E-state index contributed by atoms with van der Waals surface area (Å²) in [5, 5.41) is 10.5. The minimum absolute atomic E-state index is 0.0746. The molecule has 2 N–H and O–H groups in total. The number of nitriles is 1. The van der Waals surface area contributed by atoms with Gasteiger partial charge in [-0.2, -0.15) is 5.26 Å². The van der Waals surface area contributed by atoms with E-state index in [1.165, 1.54) is 17.7 Å². The van der Waals surface area contributed by atoms with E-state index in [9.17, 15) is 10.1 Å². The first-order chi connectivity index (χ1) is 14.2. The van der Waals surface area contributed by atoms with Crippen molar-refractivity contribution in [1.29, 1.82) is 5.26 Å². The zero-order chi connectivity index (χ0) is 21.9. The van der Waals surface area contributed by atoms with E-state index in [2.05, 4.69) is 21.0 Å². The maximum Gasteiger partial charge on any atom is 0.405 e. The van der Waals surface area contributed by atoms with Crippen LogP contribution in [0.1, 0.15) is 37.8 Å². The van der Waals surface area contributed by atoms with Gasteiger partial charge in [-0.3, -0.25) is 0 Å². The molecule has 0 saturated carbocycles. The van der Waals surface area contributed by atoms with E-state index in [1.54, 1.807) is 19.1 Å². The van der Waals surface area contributed by atoms with E-state index < -0.39 is 11.7 Å². The molecule has 1 unspecified atom stereocenters. The van der Waals surface area contributed by atoms with Crippen LogP contribution < -0.4 is 10.5 Å². The van der Waals surface area contributed by atoms with Crippen LogP contribution >= 0.6 is 11.3 Å². The summed E-state index contributed by atoms with van der Waals surface area (Å²) in [4.78, 5) is 25.2. The number of ether oxygens (including phenoxy) is 2. The van der Waals surface area contributed by atoms with Crippen LogP contribution in [0, 0.1) is 24.2 Å². The Labute approximate surface area is 178 Å². The number of aryl methyl sites for hydroxylation is 1. The fourth-order valence-electron chi connectivity index (χ4n) is 3.43.